The van der Waals surface area contributed by atoms with Crippen LogP contribution < -0.4 is 10.6 Å². The van der Waals surface area contributed by atoms with E-state index in [-0.39, 0.29) is 24.9 Å². The summed E-state index contributed by atoms with van der Waals surface area (Å²) in [7, 11) is 1.29. The zero-order chi connectivity index (χ0) is 15.1. The molecule has 0 spiro atoms. The molecule has 0 aliphatic heterocycles. The van der Waals surface area contributed by atoms with E-state index in [2.05, 4.69) is 15.4 Å². The van der Waals surface area contributed by atoms with E-state index in [1.165, 1.54) is 7.11 Å². The molecule has 112 valence electrons. The van der Waals surface area contributed by atoms with E-state index in [0.717, 1.165) is 9.75 Å². The van der Waals surface area contributed by atoms with Crippen LogP contribution in [-0.2, 0) is 9.53 Å². The first-order valence-electron chi connectivity index (χ1n) is 6.38. The zero-order valence-electron chi connectivity index (χ0n) is 11.5. The van der Waals surface area contributed by atoms with Crippen LogP contribution in [0.3, 0.4) is 0 Å². The summed E-state index contributed by atoms with van der Waals surface area (Å²) in [6.07, 6.45) is -0.321. The first-order valence-corrected chi connectivity index (χ1v) is 8.14. The summed E-state index contributed by atoms with van der Waals surface area (Å²) in [6, 6.07) is 7.80. The highest BCUT2D eigenvalue weighted by Gasteiger charge is 2.18. The molecule has 0 fully saturated rings. The third-order valence-electron chi connectivity index (χ3n) is 2.77. The molecule has 7 heteroatoms. The molecule has 2 aromatic rings. The van der Waals surface area contributed by atoms with Crippen molar-refractivity contribution in [3.8, 4) is 0 Å². The van der Waals surface area contributed by atoms with Crippen LogP contribution in [0.1, 0.15) is 22.2 Å². The molecule has 0 bridgehead atoms. The molecule has 0 aliphatic rings. The molecule has 2 N–H and O–H groups in total. The van der Waals surface area contributed by atoms with Crippen molar-refractivity contribution >= 4 is 34.7 Å². The molecule has 0 aromatic carbocycles. The van der Waals surface area contributed by atoms with E-state index in [1.807, 2.05) is 35.0 Å². The van der Waals surface area contributed by atoms with Crippen molar-refractivity contribution in [3.05, 3.63) is 44.8 Å². The van der Waals surface area contributed by atoms with E-state index >= 15 is 0 Å². The maximum absolute atomic E-state index is 12.0. The van der Waals surface area contributed by atoms with Gasteiger partial charge in [-0.05, 0) is 22.9 Å². The number of carbonyl (C=O) groups excluding carboxylic acids is 2. The van der Waals surface area contributed by atoms with Crippen LogP contribution in [0.4, 0.5) is 4.79 Å². The topological polar surface area (TPSA) is 67.4 Å². The Morgan fingerprint density at radius 2 is 1.81 bits per heavy atom. The van der Waals surface area contributed by atoms with Gasteiger partial charge in [0.15, 0.2) is 0 Å². The molecule has 2 rings (SSSR count). The number of thiophene rings is 2. The van der Waals surface area contributed by atoms with Gasteiger partial charge in [0.1, 0.15) is 0 Å². The summed E-state index contributed by atoms with van der Waals surface area (Å²) in [5.74, 6) is -0.113. The van der Waals surface area contributed by atoms with Crippen molar-refractivity contribution < 1.29 is 14.3 Å². The number of nitrogens with one attached hydrogen (secondary N) is 2. The van der Waals surface area contributed by atoms with Gasteiger partial charge in [0.05, 0.1) is 13.2 Å². The monoisotopic (exact) mass is 324 g/mol. The molecular formula is C14H16N2O3S2. The average Bonchev–Trinajstić information content (AvgIpc) is 3.17. The van der Waals surface area contributed by atoms with Gasteiger partial charge in [0.25, 0.3) is 0 Å². The molecule has 5 nitrogen and oxygen atoms in total. The van der Waals surface area contributed by atoms with Crippen molar-refractivity contribution in [2.24, 2.45) is 0 Å². The average molecular weight is 324 g/mol. The highest BCUT2D eigenvalue weighted by molar-refractivity contribution is 7.11. The number of alkyl carbamates (subject to hydrolysis) is 1. The van der Waals surface area contributed by atoms with Crippen LogP contribution in [0.15, 0.2) is 35.0 Å². The van der Waals surface area contributed by atoms with E-state index in [4.69, 9.17) is 0 Å². The summed E-state index contributed by atoms with van der Waals surface area (Å²) in [6.45, 7) is 0.250. The van der Waals surface area contributed by atoms with Crippen LogP contribution in [0.2, 0.25) is 0 Å². The Morgan fingerprint density at radius 1 is 1.19 bits per heavy atom. The van der Waals surface area contributed by atoms with E-state index < -0.39 is 6.09 Å². The quantitative estimate of drug-likeness (QED) is 0.858. The highest BCUT2D eigenvalue weighted by Crippen LogP contribution is 2.29. The van der Waals surface area contributed by atoms with Gasteiger partial charge in [-0.3, -0.25) is 4.79 Å². The van der Waals surface area contributed by atoms with Gasteiger partial charge in [-0.15, -0.1) is 22.7 Å². The van der Waals surface area contributed by atoms with Crippen LogP contribution >= 0.6 is 22.7 Å². The van der Waals surface area contributed by atoms with Crippen molar-refractivity contribution in [1.82, 2.24) is 10.6 Å². The van der Waals surface area contributed by atoms with Gasteiger partial charge in [0.2, 0.25) is 5.91 Å². The SMILES string of the molecule is COC(=O)NCCC(=O)NC(c1cccs1)c1cccs1. The van der Waals surface area contributed by atoms with E-state index in [0.29, 0.717) is 0 Å². The molecule has 0 aliphatic carbocycles. The number of amides is 2. The zero-order valence-corrected chi connectivity index (χ0v) is 13.1. The van der Waals surface area contributed by atoms with Crippen LogP contribution in [0.25, 0.3) is 0 Å². The Morgan fingerprint density at radius 3 is 2.29 bits per heavy atom. The lowest BCUT2D eigenvalue weighted by atomic mass is 10.2. The Labute approximate surface area is 130 Å². The van der Waals surface area contributed by atoms with Gasteiger partial charge in [0, 0.05) is 22.7 Å². The molecule has 2 heterocycles. The van der Waals surface area contributed by atoms with Gasteiger partial charge in [-0.25, -0.2) is 4.79 Å². The predicted molar refractivity (Wildman–Crippen MR) is 83.6 cm³/mol. The Kier molecular flexibility index (Phi) is 5.77. The largest absolute Gasteiger partial charge is 0.453 e. The summed E-state index contributed by atoms with van der Waals surface area (Å²) >= 11 is 3.21. The van der Waals surface area contributed by atoms with Crippen molar-refractivity contribution in [2.75, 3.05) is 13.7 Å². The molecule has 0 atom stereocenters. The lowest BCUT2D eigenvalue weighted by Crippen LogP contribution is -2.32. The van der Waals surface area contributed by atoms with Crippen molar-refractivity contribution in [3.63, 3.8) is 0 Å². The minimum absolute atomic E-state index is 0.113. The molecule has 21 heavy (non-hydrogen) atoms. The number of methoxy groups -OCH3 is 1. The van der Waals surface area contributed by atoms with Crippen LogP contribution in [-0.4, -0.2) is 25.7 Å². The lowest BCUT2D eigenvalue weighted by molar-refractivity contribution is -0.121. The molecule has 0 saturated heterocycles. The fourth-order valence-electron chi connectivity index (χ4n) is 1.78. The van der Waals surface area contributed by atoms with E-state index in [9.17, 15) is 9.59 Å². The van der Waals surface area contributed by atoms with Gasteiger partial charge < -0.3 is 15.4 Å². The minimum Gasteiger partial charge on any atom is -0.453 e. The van der Waals surface area contributed by atoms with Gasteiger partial charge in [-0.1, -0.05) is 12.1 Å². The van der Waals surface area contributed by atoms with Crippen LogP contribution in [0.5, 0.6) is 0 Å². The van der Waals surface area contributed by atoms with E-state index in [1.54, 1.807) is 22.7 Å². The van der Waals surface area contributed by atoms with Crippen molar-refractivity contribution in [1.29, 1.82) is 0 Å². The second-order valence-electron chi connectivity index (χ2n) is 4.20. The highest BCUT2D eigenvalue weighted by atomic mass is 32.1. The summed E-state index contributed by atoms with van der Waals surface area (Å²) in [4.78, 5) is 25.1. The Bertz CT molecular complexity index is 533. The standard InChI is InChI=1S/C14H16N2O3S2/c1-19-14(18)15-7-6-12(17)16-13(10-4-2-8-20-10)11-5-3-9-21-11/h2-5,8-9,13H,6-7H2,1H3,(H,15,18)(H,16,17). The predicted octanol–water partition coefficient (Wildman–Crippen LogP) is 2.76. The molecule has 0 saturated carbocycles. The van der Waals surface area contributed by atoms with Crippen molar-refractivity contribution in [2.45, 2.75) is 12.5 Å². The maximum Gasteiger partial charge on any atom is 0.406 e. The second-order valence-corrected chi connectivity index (χ2v) is 6.16. The maximum atomic E-state index is 12.0. The molecular weight excluding hydrogens is 308 g/mol. The summed E-state index contributed by atoms with van der Waals surface area (Å²) < 4.78 is 4.45. The third kappa shape index (κ3) is 4.57. The Hall–Kier alpha value is -1.86. The van der Waals surface area contributed by atoms with Gasteiger partial charge in [-0.2, -0.15) is 0 Å². The number of ether oxygens (including phenoxy) is 1. The first kappa shape index (κ1) is 15.5. The molecule has 0 radical (unpaired) electrons. The number of hydrogen-bond donors (Lipinski definition) is 2. The molecule has 2 amide bonds. The fraction of sp³-hybridized carbons (Fsp3) is 0.286. The van der Waals surface area contributed by atoms with Gasteiger partial charge >= 0.3 is 6.09 Å². The fourth-order valence-corrected chi connectivity index (χ4v) is 3.44. The third-order valence-corrected chi connectivity index (χ3v) is 4.64. The summed E-state index contributed by atoms with van der Waals surface area (Å²) in [5, 5.41) is 9.47. The Balaban J connectivity index is 1.93. The first-order chi connectivity index (χ1) is 10.2. The minimum atomic E-state index is -0.532. The van der Waals surface area contributed by atoms with Crippen LogP contribution in [0, 0.1) is 0 Å². The smallest absolute Gasteiger partial charge is 0.406 e. The normalized spacial score (nSPS) is 10.4. The number of hydrogen-bond acceptors (Lipinski definition) is 5. The number of carbonyl (C=O) groups is 2. The lowest BCUT2D eigenvalue weighted by Gasteiger charge is -2.16. The molecule has 0 unspecified atom stereocenters. The number of rotatable bonds is 6. The summed E-state index contributed by atoms with van der Waals surface area (Å²) in [5.41, 5.74) is 0. The second kappa shape index (κ2) is 7.80. The molecule has 2 aromatic heterocycles.